The van der Waals surface area contributed by atoms with Crippen LogP contribution in [0.5, 0.6) is 0 Å². The normalized spacial score (nSPS) is 26.7. The molecule has 2 fully saturated rings. The first kappa shape index (κ1) is 16.7. The summed E-state index contributed by atoms with van der Waals surface area (Å²) in [6.07, 6.45) is -0.445. The molecule has 1 atom stereocenters. The smallest absolute Gasteiger partial charge is 0.357 e. The summed E-state index contributed by atoms with van der Waals surface area (Å²) in [5, 5.41) is 6.92. The lowest BCUT2D eigenvalue weighted by molar-refractivity contribution is -0.137. The maximum absolute atomic E-state index is 13.3. The van der Waals surface area contributed by atoms with E-state index < -0.39 is 11.7 Å². The number of pyridine rings is 1. The first-order valence-electron chi connectivity index (χ1n) is 8.46. The standard InChI is InChI=1S/C17H22F3N5/c1-15(2)9-24(4-3-16(15)8-22-10-23-16)14-6-12(17(18,19)20)5-13-7-21-11-25(13)14/h5-7,11,22-23H,3-4,8-10H2,1-2H3. The Balaban J connectivity index is 1.74. The van der Waals surface area contributed by atoms with E-state index >= 15 is 0 Å². The predicted octanol–water partition coefficient (Wildman–Crippen LogP) is 2.48. The van der Waals surface area contributed by atoms with Crippen LogP contribution in [-0.2, 0) is 6.18 Å². The first-order chi connectivity index (χ1) is 11.7. The molecule has 2 saturated heterocycles. The molecule has 2 N–H and O–H groups in total. The molecular formula is C17H22F3N5. The molecule has 5 nitrogen and oxygen atoms in total. The molecular weight excluding hydrogens is 331 g/mol. The Morgan fingerprint density at radius 3 is 2.68 bits per heavy atom. The van der Waals surface area contributed by atoms with Crippen molar-refractivity contribution < 1.29 is 13.2 Å². The van der Waals surface area contributed by atoms with Gasteiger partial charge in [-0.05, 0) is 18.6 Å². The van der Waals surface area contributed by atoms with Crippen LogP contribution < -0.4 is 15.5 Å². The summed E-state index contributed by atoms with van der Waals surface area (Å²) < 4.78 is 41.6. The Morgan fingerprint density at radius 1 is 1.24 bits per heavy atom. The molecule has 1 spiro atoms. The lowest BCUT2D eigenvalue weighted by Crippen LogP contribution is -2.64. The molecule has 0 aromatic carbocycles. The van der Waals surface area contributed by atoms with Gasteiger partial charge >= 0.3 is 6.18 Å². The van der Waals surface area contributed by atoms with Crippen LogP contribution in [-0.4, -0.2) is 41.2 Å². The van der Waals surface area contributed by atoms with Gasteiger partial charge in [-0.15, -0.1) is 0 Å². The van der Waals surface area contributed by atoms with Gasteiger partial charge in [0.05, 0.1) is 17.3 Å². The van der Waals surface area contributed by atoms with E-state index in [2.05, 4.69) is 34.4 Å². The zero-order valence-corrected chi connectivity index (χ0v) is 14.3. The van der Waals surface area contributed by atoms with Crippen molar-refractivity contribution in [2.24, 2.45) is 5.41 Å². The minimum Gasteiger partial charge on any atom is -0.357 e. The molecule has 0 bridgehead atoms. The molecule has 8 heteroatoms. The predicted molar refractivity (Wildman–Crippen MR) is 89.5 cm³/mol. The van der Waals surface area contributed by atoms with E-state index in [1.165, 1.54) is 12.3 Å². The fraction of sp³-hybridized carbons (Fsp3) is 0.588. The van der Waals surface area contributed by atoms with E-state index in [-0.39, 0.29) is 11.0 Å². The van der Waals surface area contributed by atoms with Crippen molar-refractivity contribution in [1.29, 1.82) is 0 Å². The maximum atomic E-state index is 13.3. The number of piperidine rings is 1. The summed E-state index contributed by atoms with van der Waals surface area (Å²) in [5.41, 5.74) is -0.271. The van der Waals surface area contributed by atoms with Crippen molar-refractivity contribution in [1.82, 2.24) is 20.0 Å². The van der Waals surface area contributed by atoms with Gasteiger partial charge in [0.1, 0.15) is 12.1 Å². The third-order valence-electron chi connectivity index (χ3n) is 5.82. The summed E-state index contributed by atoms with van der Waals surface area (Å²) in [4.78, 5) is 6.08. The molecule has 0 radical (unpaired) electrons. The molecule has 4 rings (SSSR count). The number of nitrogens with one attached hydrogen (secondary N) is 2. The van der Waals surface area contributed by atoms with Gasteiger partial charge < -0.3 is 10.2 Å². The van der Waals surface area contributed by atoms with E-state index in [1.807, 2.05) is 0 Å². The average molecular weight is 353 g/mol. The number of nitrogens with zero attached hydrogens (tertiary/aromatic N) is 3. The minimum absolute atomic E-state index is 0.0147. The van der Waals surface area contributed by atoms with Crippen molar-refractivity contribution >= 4 is 11.3 Å². The molecule has 2 aromatic rings. The highest BCUT2D eigenvalue weighted by Gasteiger charge is 2.50. The second-order valence-corrected chi connectivity index (χ2v) is 7.71. The number of rotatable bonds is 1. The van der Waals surface area contributed by atoms with Gasteiger partial charge in [-0.2, -0.15) is 13.2 Å². The molecule has 0 amide bonds. The SMILES string of the molecule is CC1(C)CN(c2cc(C(F)(F)F)cc3cncn23)CCC12CNCN2. The number of aromatic nitrogens is 2. The second kappa shape index (κ2) is 5.35. The largest absolute Gasteiger partial charge is 0.416 e. The molecule has 136 valence electrons. The Labute approximate surface area is 144 Å². The van der Waals surface area contributed by atoms with Crippen molar-refractivity contribution in [3.63, 3.8) is 0 Å². The second-order valence-electron chi connectivity index (χ2n) is 7.71. The third-order valence-corrected chi connectivity index (χ3v) is 5.82. The van der Waals surface area contributed by atoms with Crippen molar-refractivity contribution in [2.75, 3.05) is 31.2 Å². The summed E-state index contributed by atoms with van der Waals surface area (Å²) >= 11 is 0. The number of fused-ring (bicyclic) bond motifs is 1. The molecule has 4 heterocycles. The fourth-order valence-corrected chi connectivity index (χ4v) is 4.21. The van der Waals surface area contributed by atoms with E-state index in [1.54, 1.807) is 10.7 Å². The van der Waals surface area contributed by atoms with Crippen molar-refractivity contribution in [3.05, 3.63) is 30.2 Å². The summed E-state index contributed by atoms with van der Waals surface area (Å²) in [7, 11) is 0. The number of hydrogen-bond acceptors (Lipinski definition) is 4. The van der Waals surface area contributed by atoms with Crippen LogP contribution in [0.1, 0.15) is 25.8 Å². The van der Waals surface area contributed by atoms with Crippen LogP contribution in [0.3, 0.4) is 0 Å². The molecule has 1 unspecified atom stereocenters. The molecule has 25 heavy (non-hydrogen) atoms. The van der Waals surface area contributed by atoms with Crippen LogP contribution in [0.2, 0.25) is 0 Å². The van der Waals surface area contributed by atoms with Crippen molar-refractivity contribution in [2.45, 2.75) is 32.0 Å². The number of alkyl halides is 3. The number of hydrogen-bond donors (Lipinski definition) is 2. The molecule has 0 aliphatic carbocycles. The van der Waals surface area contributed by atoms with Crippen LogP contribution in [0.4, 0.5) is 19.0 Å². The Hall–Kier alpha value is -1.80. The maximum Gasteiger partial charge on any atom is 0.416 e. The van der Waals surface area contributed by atoms with Crippen LogP contribution >= 0.6 is 0 Å². The van der Waals surface area contributed by atoms with Gasteiger partial charge in [0.25, 0.3) is 0 Å². The lowest BCUT2D eigenvalue weighted by Gasteiger charge is -2.52. The summed E-state index contributed by atoms with van der Waals surface area (Å²) in [5.74, 6) is 0.552. The lowest BCUT2D eigenvalue weighted by atomic mass is 9.68. The summed E-state index contributed by atoms with van der Waals surface area (Å²) in [6.45, 7) is 7.40. The number of anilines is 1. The van der Waals surface area contributed by atoms with Gasteiger partial charge in [-0.3, -0.25) is 9.72 Å². The number of imidazole rings is 1. The zero-order chi connectivity index (χ0) is 17.9. The van der Waals surface area contributed by atoms with E-state index in [4.69, 9.17) is 0 Å². The van der Waals surface area contributed by atoms with E-state index in [9.17, 15) is 13.2 Å². The average Bonchev–Trinajstić information content (AvgIpc) is 3.18. The summed E-state index contributed by atoms with van der Waals surface area (Å²) in [6, 6.07) is 2.39. The Kier molecular flexibility index (Phi) is 3.56. The first-order valence-corrected chi connectivity index (χ1v) is 8.46. The van der Waals surface area contributed by atoms with E-state index in [0.717, 1.165) is 25.7 Å². The van der Waals surface area contributed by atoms with Crippen molar-refractivity contribution in [3.8, 4) is 0 Å². The van der Waals surface area contributed by atoms with Crippen LogP contribution in [0.25, 0.3) is 5.52 Å². The van der Waals surface area contributed by atoms with Crippen LogP contribution in [0.15, 0.2) is 24.7 Å². The number of halogens is 3. The Morgan fingerprint density at radius 2 is 2.04 bits per heavy atom. The zero-order valence-electron chi connectivity index (χ0n) is 14.3. The molecule has 2 aromatic heterocycles. The molecule has 0 saturated carbocycles. The van der Waals surface area contributed by atoms with Gasteiger partial charge in [0.15, 0.2) is 0 Å². The Bertz CT molecular complexity index is 789. The quantitative estimate of drug-likeness (QED) is 0.827. The fourth-order valence-electron chi connectivity index (χ4n) is 4.21. The minimum atomic E-state index is -4.37. The monoisotopic (exact) mass is 353 g/mol. The van der Waals surface area contributed by atoms with Gasteiger partial charge in [-0.1, -0.05) is 13.8 Å². The van der Waals surface area contributed by atoms with Gasteiger partial charge in [0.2, 0.25) is 0 Å². The van der Waals surface area contributed by atoms with Gasteiger partial charge in [0, 0.05) is 37.3 Å². The highest BCUT2D eigenvalue weighted by Crippen LogP contribution is 2.42. The van der Waals surface area contributed by atoms with E-state index in [0.29, 0.717) is 24.4 Å². The van der Waals surface area contributed by atoms with Crippen LogP contribution in [0, 0.1) is 5.41 Å². The highest BCUT2D eigenvalue weighted by atomic mass is 19.4. The molecule has 2 aliphatic heterocycles. The third kappa shape index (κ3) is 2.58. The topological polar surface area (TPSA) is 44.6 Å². The highest BCUT2D eigenvalue weighted by molar-refractivity contribution is 5.58. The van der Waals surface area contributed by atoms with Gasteiger partial charge in [-0.25, -0.2) is 4.98 Å². The molecule has 2 aliphatic rings.